The average molecular weight is 397 g/mol. The summed E-state index contributed by atoms with van der Waals surface area (Å²) < 4.78 is 0. The molecular weight excluding hydrogens is 376 g/mol. The van der Waals surface area contributed by atoms with Gasteiger partial charge in [-0.1, -0.05) is 48.5 Å². The molecule has 4 aromatic carbocycles. The molecule has 0 bridgehead atoms. The van der Waals surface area contributed by atoms with E-state index in [1.165, 1.54) is 10.8 Å². The number of rotatable bonds is 2. The monoisotopic (exact) mass is 396 g/mol. The molecule has 0 saturated heterocycles. The SMILES string of the molecule is CC(C)NC(=S)Nc1ccc2nc3c4ccccc4c4ccccc4c3nc2c1. The molecule has 0 aliphatic carbocycles. The number of nitrogens with zero attached hydrogens (tertiary/aromatic N) is 2. The first kappa shape index (κ1) is 17.8. The van der Waals surface area contributed by atoms with E-state index in [9.17, 15) is 0 Å². The van der Waals surface area contributed by atoms with Crippen molar-refractivity contribution in [2.75, 3.05) is 5.32 Å². The topological polar surface area (TPSA) is 49.8 Å². The van der Waals surface area contributed by atoms with Crippen molar-refractivity contribution in [2.24, 2.45) is 0 Å². The van der Waals surface area contributed by atoms with E-state index in [-0.39, 0.29) is 6.04 Å². The molecule has 0 unspecified atom stereocenters. The lowest BCUT2D eigenvalue weighted by atomic mass is 9.99. The van der Waals surface area contributed by atoms with Crippen LogP contribution < -0.4 is 10.6 Å². The Morgan fingerprint density at radius 2 is 1.31 bits per heavy atom. The lowest BCUT2D eigenvalue weighted by molar-refractivity contribution is 0.739. The number of hydrogen-bond donors (Lipinski definition) is 2. The van der Waals surface area contributed by atoms with Gasteiger partial charge in [-0.2, -0.15) is 0 Å². The van der Waals surface area contributed by atoms with E-state index in [1.54, 1.807) is 0 Å². The van der Waals surface area contributed by atoms with E-state index < -0.39 is 0 Å². The molecule has 5 aromatic rings. The molecule has 0 spiro atoms. The highest BCUT2D eigenvalue weighted by atomic mass is 32.1. The van der Waals surface area contributed by atoms with Crippen LogP contribution in [0.3, 0.4) is 0 Å². The van der Waals surface area contributed by atoms with Gasteiger partial charge in [-0.3, -0.25) is 0 Å². The van der Waals surface area contributed by atoms with E-state index in [4.69, 9.17) is 22.2 Å². The van der Waals surface area contributed by atoms with Crippen LogP contribution in [0.5, 0.6) is 0 Å². The van der Waals surface area contributed by atoms with Gasteiger partial charge in [0.25, 0.3) is 0 Å². The minimum Gasteiger partial charge on any atom is -0.360 e. The first-order valence-corrected chi connectivity index (χ1v) is 10.1. The molecule has 4 nitrogen and oxygen atoms in total. The standard InChI is InChI=1S/C24H20N4S/c1-14(2)25-24(29)26-15-11-12-20-21(13-15)28-23-19-10-6-4-8-17(19)16-7-3-5-9-18(16)22(23)27-20/h3-14H,1-2H3,(H2,25,26,29). The van der Waals surface area contributed by atoms with Gasteiger partial charge in [-0.05, 0) is 55.0 Å². The van der Waals surface area contributed by atoms with Crippen molar-refractivity contribution in [2.45, 2.75) is 19.9 Å². The Bertz CT molecular complexity index is 1410. The van der Waals surface area contributed by atoms with Gasteiger partial charge in [-0.15, -0.1) is 0 Å². The molecule has 0 amide bonds. The molecule has 0 aliphatic heterocycles. The number of thiocarbonyl (C=S) groups is 1. The zero-order valence-corrected chi connectivity index (χ0v) is 17.0. The highest BCUT2D eigenvalue weighted by Gasteiger charge is 2.12. The van der Waals surface area contributed by atoms with E-state index in [2.05, 4.69) is 73.0 Å². The van der Waals surface area contributed by atoms with Crippen LogP contribution in [-0.4, -0.2) is 21.1 Å². The van der Waals surface area contributed by atoms with Crippen molar-refractivity contribution in [3.8, 4) is 0 Å². The molecule has 5 rings (SSSR count). The minimum atomic E-state index is 0.277. The predicted molar refractivity (Wildman–Crippen MR) is 127 cm³/mol. The van der Waals surface area contributed by atoms with E-state index in [0.717, 1.165) is 38.5 Å². The molecule has 1 heterocycles. The van der Waals surface area contributed by atoms with Crippen LogP contribution in [0.4, 0.5) is 5.69 Å². The van der Waals surface area contributed by atoms with Gasteiger partial charge in [0.1, 0.15) is 0 Å². The highest BCUT2D eigenvalue weighted by molar-refractivity contribution is 7.80. The number of anilines is 1. The Hall–Kier alpha value is -3.31. The van der Waals surface area contributed by atoms with Crippen molar-refractivity contribution in [1.82, 2.24) is 15.3 Å². The van der Waals surface area contributed by atoms with Crippen LogP contribution in [0.25, 0.3) is 43.6 Å². The van der Waals surface area contributed by atoms with Gasteiger partial charge in [0.15, 0.2) is 5.11 Å². The first-order chi connectivity index (χ1) is 14.1. The van der Waals surface area contributed by atoms with Gasteiger partial charge < -0.3 is 10.6 Å². The molecule has 0 fully saturated rings. The van der Waals surface area contributed by atoms with Crippen molar-refractivity contribution in [1.29, 1.82) is 0 Å². The van der Waals surface area contributed by atoms with E-state index in [0.29, 0.717) is 5.11 Å². The molecule has 0 saturated carbocycles. The Morgan fingerprint density at radius 1 is 0.759 bits per heavy atom. The highest BCUT2D eigenvalue weighted by Crippen LogP contribution is 2.34. The van der Waals surface area contributed by atoms with Crippen LogP contribution in [0.2, 0.25) is 0 Å². The fourth-order valence-corrected chi connectivity index (χ4v) is 4.14. The normalized spacial score (nSPS) is 11.6. The van der Waals surface area contributed by atoms with E-state index in [1.807, 2.05) is 18.2 Å². The van der Waals surface area contributed by atoms with Crippen LogP contribution >= 0.6 is 12.2 Å². The predicted octanol–water partition coefficient (Wildman–Crippen LogP) is 5.78. The fraction of sp³-hybridized carbons (Fsp3) is 0.125. The molecule has 2 N–H and O–H groups in total. The van der Waals surface area contributed by atoms with Gasteiger partial charge in [0, 0.05) is 22.5 Å². The number of benzene rings is 4. The lowest BCUT2D eigenvalue weighted by Crippen LogP contribution is -2.33. The second-order valence-corrected chi connectivity index (χ2v) is 7.88. The number of nitrogens with one attached hydrogen (secondary N) is 2. The van der Waals surface area contributed by atoms with Crippen molar-refractivity contribution < 1.29 is 0 Å². The summed E-state index contributed by atoms with van der Waals surface area (Å²) in [6.45, 7) is 4.11. The molecule has 0 aliphatic rings. The van der Waals surface area contributed by atoms with Gasteiger partial charge >= 0.3 is 0 Å². The zero-order chi connectivity index (χ0) is 20.0. The summed E-state index contributed by atoms with van der Waals surface area (Å²) in [5.74, 6) is 0. The Morgan fingerprint density at radius 3 is 1.90 bits per heavy atom. The molecule has 142 valence electrons. The average Bonchev–Trinajstić information content (AvgIpc) is 2.72. The molecule has 5 heteroatoms. The van der Waals surface area contributed by atoms with Crippen LogP contribution in [0, 0.1) is 0 Å². The van der Waals surface area contributed by atoms with E-state index >= 15 is 0 Å². The lowest BCUT2D eigenvalue weighted by Gasteiger charge is -2.14. The second kappa shape index (κ2) is 6.94. The smallest absolute Gasteiger partial charge is 0.170 e. The minimum absolute atomic E-state index is 0.277. The Labute approximate surface area is 174 Å². The van der Waals surface area contributed by atoms with Crippen molar-refractivity contribution >= 4 is 66.6 Å². The van der Waals surface area contributed by atoms with Crippen LogP contribution in [0.1, 0.15) is 13.8 Å². The quantitative estimate of drug-likeness (QED) is 0.225. The summed E-state index contributed by atoms with van der Waals surface area (Å²) in [5.41, 5.74) is 4.47. The van der Waals surface area contributed by atoms with Crippen LogP contribution in [-0.2, 0) is 0 Å². The number of fused-ring (bicyclic) bond motifs is 7. The third-order valence-electron chi connectivity index (χ3n) is 5.00. The summed E-state index contributed by atoms with van der Waals surface area (Å²) >= 11 is 5.37. The fourth-order valence-electron chi connectivity index (χ4n) is 3.79. The summed E-state index contributed by atoms with van der Waals surface area (Å²) in [6, 6.07) is 23.0. The van der Waals surface area contributed by atoms with Crippen LogP contribution in [0.15, 0.2) is 66.7 Å². The van der Waals surface area contributed by atoms with Crippen molar-refractivity contribution in [3.05, 3.63) is 66.7 Å². The van der Waals surface area contributed by atoms with Crippen molar-refractivity contribution in [3.63, 3.8) is 0 Å². The Kier molecular flexibility index (Phi) is 4.25. The summed E-state index contributed by atoms with van der Waals surface area (Å²) in [6.07, 6.45) is 0. The molecule has 29 heavy (non-hydrogen) atoms. The van der Waals surface area contributed by atoms with Gasteiger partial charge in [0.2, 0.25) is 0 Å². The third kappa shape index (κ3) is 3.13. The van der Waals surface area contributed by atoms with Gasteiger partial charge in [-0.25, -0.2) is 9.97 Å². The third-order valence-corrected chi connectivity index (χ3v) is 5.22. The largest absolute Gasteiger partial charge is 0.360 e. The molecular formula is C24H20N4S. The summed E-state index contributed by atoms with van der Waals surface area (Å²) in [7, 11) is 0. The molecule has 0 atom stereocenters. The first-order valence-electron chi connectivity index (χ1n) is 9.68. The number of hydrogen-bond acceptors (Lipinski definition) is 3. The number of aromatic nitrogens is 2. The summed E-state index contributed by atoms with van der Waals surface area (Å²) in [5, 5.41) is 11.7. The maximum Gasteiger partial charge on any atom is 0.170 e. The maximum atomic E-state index is 5.37. The van der Waals surface area contributed by atoms with Gasteiger partial charge in [0.05, 0.1) is 22.1 Å². The Balaban J connectivity index is 1.75. The molecule has 1 aromatic heterocycles. The zero-order valence-electron chi connectivity index (χ0n) is 16.2. The molecule has 0 radical (unpaired) electrons. The second-order valence-electron chi connectivity index (χ2n) is 7.47. The summed E-state index contributed by atoms with van der Waals surface area (Å²) in [4.78, 5) is 10.0. The maximum absolute atomic E-state index is 5.37.